The smallest absolute Gasteiger partial charge is 0.174 e. The quantitative estimate of drug-likeness (QED) is 0.320. The fraction of sp³-hybridized carbons (Fsp3) is 0.185. The van der Waals surface area contributed by atoms with Gasteiger partial charge in [0, 0.05) is 22.5 Å². The number of aromatic nitrogens is 1. The predicted molar refractivity (Wildman–Crippen MR) is 138 cm³/mol. The van der Waals surface area contributed by atoms with Crippen LogP contribution in [-0.2, 0) is 0 Å². The molecule has 5 rings (SSSR count). The molecule has 4 aromatic rings. The molecule has 1 fully saturated rings. The summed E-state index contributed by atoms with van der Waals surface area (Å²) in [5.74, 6) is 1.58. The highest BCUT2D eigenvalue weighted by atomic mass is 35.5. The van der Waals surface area contributed by atoms with Gasteiger partial charge in [0.05, 0.1) is 11.7 Å². The van der Waals surface area contributed by atoms with Crippen LogP contribution in [0, 0.1) is 20.8 Å². The SMILES string of the molecule is Cc1ccc(N2C(=S)N[C@@H](c3ccccn3)[C@H]2c2ccc(-c3ccc(C)c(Cl)c3)o2)cc1C. The number of hydrogen-bond donors (Lipinski definition) is 1. The molecular weight excluding hydrogens is 450 g/mol. The summed E-state index contributed by atoms with van der Waals surface area (Å²) in [6, 6.07) is 22.0. The molecule has 2 aromatic carbocycles. The molecule has 0 saturated carbocycles. The van der Waals surface area contributed by atoms with E-state index < -0.39 is 0 Å². The maximum absolute atomic E-state index is 6.43. The Morgan fingerprint density at radius 3 is 2.48 bits per heavy atom. The van der Waals surface area contributed by atoms with Gasteiger partial charge in [-0.25, -0.2) is 0 Å². The number of benzene rings is 2. The van der Waals surface area contributed by atoms with Crippen LogP contribution in [0.5, 0.6) is 0 Å². The Labute approximate surface area is 204 Å². The van der Waals surface area contributed by atoms with E-state index in [0.717, 1.165) is 39.1 Å². The van der Waals surface area contributed by atoms with E-state index in [1.807, 2.05) is 55.5 Å². The summed E-state index contributed by atoms with van der Waals surface area (Å²) in [5.41, 5.74) is 6.37. The molecule has 166 valence electrons. The van der Waals surface area contributed by atoms with Gasteiger partial charge in [-0.05, 0) is 92.1 Å². The van der Waals surface area contributed by atoms with Crippen molar-refractivity contribution in [1.82, 2.24) is 10.3 Å². The first-order valence-electron chi connectivity index (χ1n) is 10.9. The largest absolute Gasteiger partial charge is 0.459 e. The van der Waals surface area contributed by atoms with E-state index in [1.165, 1.54) is 11.1 Å². The van der Waals surface area contributed by atoms with Crippen LogP contribution in [0.4, 0.5) is 5.69 Å². The molecule has 0 radical (unpaired) electrons. The molecule has 4 nitrogen and oxygen atoms in total. The Morgan fingerprint density at radius 2 is 1.76 bits per heavy atom. The van der Waals surface area contributed by atoms with Gasteiger partial charge in [-0.15, -0.1) is 0 Å². The van der Waals surface area contributed by atoms with Crippen molar-refractivity contribution in [2.45, 2.75) is 32.9 Å². The first-order chi connectivity index (χ1) is 15.9. The zero-order valence-corrected chi connectivity index (χ0v) is 20.2. The molecule has 1 aliphatic rings. The third-order valence-corrected chi connectivity index (χ3v) is 6.96. The van der Waals surface area contributed by atoms with Gasteiger partial charge < -0.3 is 14.6 Å². The van der Waals surface area contributed by atoms with Crippen molar-refractivity contribution in [2.24, 2.45) is 0 Å². The van der Waals surface area contributed by atoms with Gasteiger partial charge in [0.15, 0.2) is 5.11 Å². The lowest BCUT2D eigenvalue weighted by Gasteiger charge is -2.26. The van der Waals surface area contributed by atoms with Crippen molar-refractivity contribution in [3.63, 3.8) is 0 Å². The number of nitrogens with one attached hydrogen (secondary N) is 1. The number of rotatable bonds is 4. The molecule has 2 aromatic heterocycles. The summed E-state index contributed by atoms with van der Waals surface area (Å²) < 4.78 is 6.43. The highest BCUT2D eigenvalue weighted by Gasteiger charge is 2.42. The Balaban J connectivity index is 1.61. The second-order valence-electron chi connectivity index (χ2n) is 8.43. The van der Waals surface area contributed by atoms with Crippen LogP contribution >= 0.6 is 23.8 Å². The van der Waals surface area contributed by atoms with Gasteiger partial charge in [0.1, 0.15) is 17.6 Å². The minimum absolute atomic E-state index is 0.152. The normalized spacial score (nSPS) is 17.9. The Hall–Kier alpha value is -3.15. The molecule has 33 heavy (non-hydrogen) atoms. The van der Waals surface area contributed by atoms with Gasteiger partial charge in [0.2, 0.25) is 0 Å². The summed E-state index contributed by atoms with van der Waals surface area (Å²) in [5, 5.41) is 4.85. The molecule has 0 unspecified atom stereocenters. The van der Waals surface area contributed by atoms with Crippen LogP contribution < -0.4 is 10.2 Å². The number of thiocarbonyl (C=S) groups is 1. The standard InChI is InChI=1S/C27H24ClN3OS/c1-16-8-10-20(14-18(16)3)31-26(25(30-27(31)33)22-6-4-5-13-29-22)24-12-11-23(32-24)19-9-7-17(2)21(28)15-19/h4-15,25-26H,1-3H3,(H,30,33)/t25-,26+/m0/s1. The maximum atomic E-state index is 6.43. The lowest BCUT2D eigenvalue weighted by molar-refractivity contribution is 0.439. The summed E-state index contributed by atoms with van der Waals surface area (Å²) in [6.45, 7) is 6.21. The summed E-state index contributed by atoms with van der Waals surface area (Å²) in [6.07, 6.45) is 1.80. The number of nitrogens with zero attached hydrogens (tertiary/aromatic N) is 2. The van der Waals surface area contributed by atoms with E-state index in [0.29, 0.717) is 5.11 Å². The van der Waals surface area contributed by atoms with Gasteiger partial charge >= 0.3 is 0 Å². The van der Waals surface area contributed by atoms with Crippen LogP contribution in [0.25, 0.3) is 11.3 Å². The zero-order valence-electron chi connectivity index (χ0n) is 18.7. The van der Waals surface area contributed by atoms with Crippen molar-refractivity contribution < 1.29 is 4.42 Å². The fourth-order valence-corrected chi connectivity index (χ4v) is 4.74. The lowest BCUT2D eigenvalue weighted by atomic mass is 10.0. The zero-order chi connectivity index (χ0) is 23.1. The van der Waals surface area contributed by atoms with Crippen LogP contribution in [-0.4, -0.2) is 10.1 Å². The van der Waals surface area contributed by atoms with Gasteiger partial charge in [-0.2, -0.15) is 0 Å². The van der Waals surface area contributed by atoms with E-state index in [2.05, 4.69) is 47.2 Å². The van der Waals surface area contributed by atoms with Gasteiger partial charge in [-0.3, -0.25) is 4.98 Å². The monoisotopic (exact) mass is 473 g/mol. The van der Waals surface area contributed by atoms with E-state index in [1.54, 1.807) is 6.20 Å². The highest BCUT2D eigenvalue weighted by molar-refractivity contribution is 7.80. The van der Waals surface area contributed by atoms with Crippen LogP contribution in [0.2, 0.25) is 5.02 Å². The average molecular weight is 474 g/mol. The van der Waals surface area contributed by atoms with Gasteiger partial charge in [0.25, 0.3) is 0 Å². The topological polar surface area (TPSA) is 41.3 Å². The summed E-state index contributed by atoms with van der Waals surface area (Å²) in [7, 11) is 0. The fourth-order valence-electron chi connectivity index (χ4n) is 4.21. The van der Waals surface area contributed by atoms with E-state index >= 15 is 0 Å². The molecule has 0 bridgehead atoms. The predicted octanol–water partition coefficient (Wildman–Crippen LogP) is 7.10. The highest BCUT2D eigenvalue weighted by Crippen LogP contribution is 2.43. The molecule has 1 aliphatic heterocycles. The first kappa shape index (κ1) is 21.7. The number of pyridine rings is 1. The summed E-state index contributed by atoms with van der Waals surface area (Å²) >= 11 is 12.2. The minimum atomic E-state index is -0.191. The van der Waals surface area contributed by atoms with Crippen molar-refractivity contribution >= 4 is 34.6 Å². The molecule has 0 aliphatic carbocycles. The first-order valence-corrected chi connectivity index (χ1v) is 11.6. The lowest BCUT2D eigenvalue weighted by Crippen LogP contribution is -2.29. The number of aryl methyl sites for hydroxylation is 3. The molecule has 1 saturated heterocycles. The third-order valence-electron chi connectivity index (χ3n) is 6.24. The van der Waals surface area contributed by atoms with Crippen molar-refractivity contribution in [2.75, 3.05) is 4.90 Å². The third kappa shape index (κ3) is 4.03. The number of hydrogen-bond acceptors (Lipinski definition) is 3. The Morgan fingerprint density at radius 1 is 0.939 bits per heavy atom. The molecule has 0 amide bonds. The van der Waals surface area contributed by atoms with Crippen LogP contribution in [0.1, 0.15) is 40.2 Å². The molecule has 6 heteroatoms. The summed E-state index contributed by atoms with van der Waals surface area (Å²) in [4.78, 5) is 6.74. The molecule has 2 atom stereocenters. The Kier molecular flexibility index (Phi) is 5.69. The van der Waals surface area contributed by atoms with E-state index in [4.69, 9.17) is 28.2 Å². The average Bonchev–Trinajstić information content (AvgIpc) is 3.43. The molecular formula is C27H24ClN3OS. The number of halogens is 1. The van der Waals surface area contributed by atoms with Crippen LogP contribution in [0.15, 0.2) is 77.3 Å². The van der Waals surface area contributed by atoms with Crippen molar-refractivity contribution in [3.05, 3.63) is 106 Å². The van der Waals surface area contributed by atoms with E-state index in [9.17, 15) is 0 Å². The van der Waals surface area contributed by atoms with E-state index in [-0.39, 0.29) is 12.1 Å². The second kappa shape index (κ2) is 8.65. The number of anilines is 1. The van der Waals surface area contributed by atoms with Crippen molar-refractivity contribution in [1.29, 1.82) is 0 Å². The number of furan rings is 1. The second-order valence-corrected chi connectivity index (χ2v) is 9.23. The van der Waals surface area contributed by atoms with Crippen molar-refractivity contribution in [3.8, 4) is 11.3 Å². The minimum Gasteiger partial charge on any atom is -0.459 e. The molecule has 0 spiro atoms. The Bertz CT molecular complexity index is 1330. The maximum Gasteiger partial charge on any atom is 0.174 e. The van der Waals surface area contributed by atoms with Crippen LogP contribution in [0.3, 0.4) is 0 Å². The van der Waals surface area contributed by atoms with Gasteiger partial charge in [-0.1, -0.05) is 35.9 Å². The molecule has 1 N–H and O–H groups in total. The molecule has 3 heterocycles.